The third-order valence-electron chi connectivity index (χ3n) is 5.49. The Kier molecular flexibility index (Phi) is 9.57. The quantitative estimate of drug-likeness (QED) is 0.365. The van der Waals surface area contributed by atoms with Crippen LogP contribution in [0.3, 0.4) is 0 Å². The first-order valence-electron chi connectivity index (χ1n) is 10.2. The highest BCUT2D eigenvalue weighted by Gasteiger charge is 2.28. The number of methoxy groups -OCH3 is 2. The molecule has 0 amide bonds. The van der Waals surface area contributed by atoms with Gasteiger partial charge < -0.3 is 24.6 Å². The van der Waals surface area contributed by atoms with Crippen molar-refractivity contribution in [2.24, 2.45) is 0 Å². The Morgan fingerprint density at radius 2 is 1.29 bits per heavy atom. The predicted octanol–water partition coefficient (Wildman–Crippen LogP) is -6.91. The SMILES string of the molecule is [B]c1c([B])c(C)c([B])c(OCC(O)CNCC([B])([B])c2c([B])c([B])c(OC)c(OC)c2[B])c1[B]. The maximum atomic E-state index is 10.3. The number of hydrogen-bond acceptors (Lipinski definition) is 5. The highest BCUT2D eigenvalue weighted by Crippen LogP contribution is 2.24. The molecule has 1 unspecified atom stereocenters. The van der Waals surface area contributed by atoms with E-state index in [0.29, 0.717) is 5.56 Å². The number of hydrogen-bond donors (Lipinski definition) is 2. The van der Waals surface area contributed by atoms with E-state index in [1.807, 2.05) is 0 Å². The molecule has 14 heteroatoms. The molecule has 0 fully saturated rings. The number of benzene rings is 2. The molecule has 34 heavy (non-hydrogen) atoms. The third kappa shape index (κ3) is 5.59. The summed E-state index contributed by atoms with van der Waals surface area (Å²) in [5.74, 6) is 0.484. The first kappa shape index (κ1) is 28.6. The summed E-state index contributed by atoms with van der Waals surface area (Å²) in [7, 11) is 57.5. The molecular formula is C20H18B9NO4. The van der Waals surface area contributed by atoms with E-state index in [1.54, 1.807) is 6.92 Å². The summed E-state index contributed by atoms with van der Waals surface area (Å²) in [5, 5.41) is 11.7. The number of aliphatic hydroxyl groups is 1. The first-order valence-corrected chi connectivity index (χ1v) is 10.2. The Labute approximate surface area is 213 Å². The van der Waals surface area contributed by atoms with E-state index in [-0.39, 0.29) is 80.7 Å². The van der Waals surface area contributed by atoms with Crippen LogP contribution in [0.1, 0.15) is 11.1 Å². The zero-order valence-electron chi connectivity index (χ0n) is 19.6. The van der Waals surface area contributed by atoms with Crippen molar-refractivity contribution < 1.29 is 19.3 Å². The zero-order chi connectivity index (χ0) is 26.0. The molecule has 2 aromatic rings. The van der Waals surface area contributed by atoms with Crippen LogP contribution in [-0.2, 0) is 5.21 Å². The van der Waals surface area contributed by atoms with Crippen LogP contribution in [0, 0.1) is 6.92 Å². The van der Waals surface area contributed by atoms with Gasteiger partial charge in [0.05, 0.1) is 29.9 Å². The Balaban J connectivity index is 2.10. The fourth-order valence-corrected chi connectivity index (χ4v) is 3.52. The van der Waals surface area contributed by atoms with Crippen molar-refractivity contribution in [1.82, 2.24) is 5.32 Å². The molecule has 2 rings (SSSR count). The van der Waals surface area contributed by atoms with E-state index >= 15 is 0 Å². The molecule has 2 N–H and O–H groups in total. The van der Waals surface area contributed by atoms with Gasteiger partial charge in [0, 0.05) is 6.54 Å². The van der Waals surface area contributed by atoms with Crippen molar-refractivity contribution in [3.05, 3.63) is 11.1 Å². The highest BCUT2D eigenvalue weighted by atomic mass is 16.5. The summed E-state index contributed by atoms with van der Waals surface area (Å²) in [6.07, 6.45) is -0.987. The van der Waals surface area contributed by atoms with Crippen molar-refractivity contribution in [3.63, 3.8) is 0 Å². The molecule has 0 aliphatic rings. The minimum absolute atomic E-state index is 0.0361. The Bertz CT molecular complexity index is 1040. The molecule has 0 heterocycles. The van der Waals surface area contributed by atoms with Gasteiger partial charge in [0.25, 0.3) is 0 Å². The van der Waals surface area contributed by atoms with Crippen molar-refractivity contribution in [1.29, 1.82) is 0 Å². The third-order valence-corrected chi connectivity index (χ3v) is 5.49. The molecular weight excluding hydrogens is 416 g/mol. The topological polar surface area (TPSA) is 60.0 Å². The van der Waals surface area contributed by atoms with Crippen LogP contribution in [0.4, 0.5) is 0 Å². The van der Waals surface area contributed by atoms with E-state index in [2.05, 4.69) is 5.32 Å². The van der Waals surface area contributed by atoms with Crippen molar-refractivity contribution in [3.8, 4) is 17.2 Å². The van der Waals surface area contributed by atoms with Crippen LogP contribution in [0.15, 0.2) is 0 Å². The lowest BCUT2D eigenvalue weighted by atomic mass is 9.46. The summed E-state index contributed by atoms with van der Waals surface area (Å²) in [5.41, 5.74) is 1.73. The summed E-state index contributed by atoms with van der Waals surface area (Å²) >= 11 is 0. The molecule has 18 radical (unpaired) electrons. The Morgan fingerprint density at radius 1 is 0.765 bits per heavy atom. The lowest BCUT2D eigenvalue weighted by Crippen LogP contribution is -2.51. The first-order chi connectivity index (χ1) is 15.8. The van der Waals surface area contributed by atoms with Gasteiger partial charge in [-0.1, -0.05) is 43.7 Å². The second-order valence-corrected chi connectivity index (χ2v) is 7.93. The van der Waals surface area contributed by atoms with Crippen molar-refractivity contribution in [2.45, 2.75) is 18.2 Å². The minimum Gasteiger partial charge on any atom is -0.494 e. The van der Waals surface area contributed by atoms with Gasteiger partial charge in [0.15, 0.2) is 11.5 Å². The van der Waals surface area contributed by atoms with Gasteiger partial charge in [0.2, 0.25) is 0 Å². The molecule has 0 saturated heterocycles. The molecule has 0 aliphatic heterocycles. The van der Waals surface area contributed by atoms with E-state index in [0.717, 1.165) is 0 Å². The lowest BCUT2D eigenvalue weighted by molar-refractivity contribution is 0.107. The maximum Gasteiger partial charge on any atom is 0.153 e. The molecule has 0 spiro atoms. The van der Waals surface area contributed by atoms with Crippen LogP contribution in [-0.4, -0.2) is 116 Å². The van der Waals surface area contributed by atoms with Gasteiger partial charge >= 0.3 is 0 Å². The van der Waals surface area contributed by atoms with Crippen LogP contribution in [0.2, 0.25) is 0 Å². The number of nitrogens with one attached hydrogen (secondary N) is 1. The maximum absolute atomic E-state index is 10.3. The van der Waals surface area contributed by atoms with E-state index in [4.69, 9.17) is 84.8 Å². The number of ether oxygens (including phenoxy) is 3. The van der Waals surface area contributed by atoms with Gasteiger partial charge in [-0.05, 0) is 13.5 Å². The normalized spacial score (nSPS) is 12.4. The minimum atomic E-state index is -1.57. The smallest absolute Gasteiger partial charge is 0.153 e. The molecule has 0 bridgehead atoms. The highest BCUT2D eigenvalue weighted by molar-refractivity contribution is 6.60. The van der Waals surface area contributed by atoms with Crippen LogP contribution in [0.25, 0.3) is 0 Å². The van der Waals surface area contributed by atoms with Gasteiger partial charge in [0.1, 0.15) is 73.4 Å². The van der Waals surface area contributed by atoms with E-state index < -0.39 is 11.3 Å². The Hall–Kier alpha value is -1.66. The fraction of sp³-hybridized carbons (Fsp3) is 0.400. The second-order valence-electron chi connectivity index (χ2n) is 7.93. The van der Waals surface area contributed by atoms with Gasteiger partial charge in [-0.2, -0.15) is 0 Å². The molecule has 0 saturated carbocycles. The zero-order valence-corrected chi connectivity index (χ0v) is 19.6. The molecule has 0 aliphatic carbocycles. The average Bonchev–Trinajstić information content (AvgIpc) is 2.78. The predicted molar refractivity (Wildman–Crippen MR) is 146 cm³/mol. The second kappa shape index (κ2) is 11.4. The lowest BCUT2D eigenvalue weighted by Gasteiger charge is -2.34. The van der Waals surface area contributed by atoms with Crippen molar-refractivity contribution >= 4 is 109 Å². The van der Waals surface area contributed by atoms with Gasteiger partial charge in [-0.25, -0.2) is 0 Å². The largest absolute Gasteiger partial charge is 0.494 e. The summed E-state index contributed by atoms with van der Waals surface area (Å²) in [6.45, 7) is 1.54. The molecule has 0 aromatic heterocycles. The standard InChI is InChI=1S/C20H18B9NO4/c1-7-10(21)14(25)16(27)17(11(7)22)34-5-8(31)4-30-6-20(28,29)9-12(23)15(26)19(33-3)18(32-2)13(9)24/h8,30-31H,4-6H2,1-3H3. The van der Waals surface area contributed by atoms with Crippen LogP contribution >= 0.6 is 0 Å². The average molecular weight is 434 g/mol. The van der Waals surface area contributed by atoms with Gasteiger partial charge in [-0.3, -0.25) is 0 Å². The van der Waals surface area contributed by atoms with Gasteiger partial charge in [-0.15, -0.1) is 10.9 Å². The fourth-order valence-electron chi connectivity index (χ4n) is 3.52. The number of rotatable bonds is 10. The van der Waals surface area contributed by atoms with Crippen LogP contribution in [0.5, 0.6) is 17.2 Å². The monoisotopic (exact) mass is 435 g/mol. The number of aliphatic hydroxyl groups excluding tert-OH is 1. The van der Waals surface area contributed by atoms with Crippen molar-refractivity contribution in [2.75, 3.05) is 33.9 Å². The van der Waals surface area contributed by atoms with E-state index in [9.17, 15) is 5.11 Å². The molecule has 1 atom stereocenters. The summed E-state index contributed by atoms with van der Waals surface area (Å²) in [4.78, 5) is 0. The Morgan fingerprint density at radius 3 is 1.85 bits per heavy atom. The summed E-state index contributed by atoms with van der Waals surface area (Å²) in [6, 6.07) is 0. The molecule has 5 nitrogen and oxygen atoms in total. The molecule has 2 aromatic carbocycles. The summed E-state index contributed by atoms with van der Waals surface area (Å²) < 4.78 is 16.1. The van der Waals surface area contributed by atoms with Crippen LogP contribution < -0.4 is 57.8 Å². The molecule has 154 valence electrons. The van der Waals surface area contributed by atoms with E-state index in [1.165, 1.54) is 14.2 Å².